The third-order valence-corrected chi connectivity index (χ3v) is 5.64. The summed E-state index contributed by atoms with van der Waals surface area (Å²) in [5, 5.41) is 5.59. The Balaban J connectivity index is 1.42. The molecule has 2 atom stereocenters. The first-order chi connectivity index (χ1) is 17.0. The van der Waals surface area contributed by atoms with Gasteiger partial charge in [0.15, 0.2) is 0 Å². The van der Waals surface area contributed by atoms with Crippen LogP contribution in [0.3, 0.4) is 0 Å². The lowest BCUT2D eigenvalue weighted by Crippen LogP contribution is -2.33. The van der Waals surface area contributed by atoms with Crippen LogP contribution < -0.4 is 21.3 Å². The fraction of sp³-hybridized carbons (Fsp3) is 0.200. The number of nitrogens with two attached hydrogens (primary N) is 1. The number of nitrogens with one attached hydrogen (secondary N) is 2. The van der Waals surface area contributed by atoms with Gasteiger partial charge in [-0.3, -0.25) is 24.8 Å². The molecule has 180 valence electrons. The number of cyclic esters (lactones) is 1. The summed E-state index contributed by atoms with van der Waals surface area (Å²) in [6.45, 7) is 0.781. The van der Waals surface area contributed by atoms with Crippen LogP contribution in [0.5, 0.6) is 0 Å². The number of carbonyl (C=O) groups is 3. The Labute approximate surface area is 201 Å². The Kier molecular flexibility index (Phi) is 7.32. The molecular weight excluding hydrogens is 453 g/mol. The molecule has 1 aromatic heterocycles. The van der Waals surface area contributed by atoms with Gasteiger partial charge in [-0.1, -0.05) is 30.3 Å². The number of ether oxygens (including phenoxy) is 1. The molecule has 2 aromatic carbocycles. The average Bonchev–Trinajstić information content (AvgIpc) is 3.24. The molecule has 0 saturated carbocycles. The minimum absolute atomic E-state index is 0.190. The normalized spacial score (nSPS) is 16.0. The van der Waals surface area contributed by atoms with Gasteiger partial charge in [0.25, 0.3) is 0 Å². The molecule has 1 unspecified atom stereocenters. The topological polar surface area (TPSA) is 127 Å². The zero-order chi connectivity index (χ0) is 24.8. The Morgan fingerprint density at radius 3 is 2.71 bits per heavy atom. The number of carbonyl (C=O) groups excluding carboxylic acids is 3. The van der Waals surface area contributed by atoms with Gasteiger partial charge in [-0.05, 0) is 41.0 Å². The summed E-state index contributed by atoms with van der Waals surface area (Å²) >= 11 is 0. The highest BCUT2D eigenvalue weighted by Crippen LogP contribution is 2.29. The Hall–Kier alpha value is -4.31. The van der Waals surface area contributed by atoms with E-state index in [9.17, 15) is 18.8 Å². The summed E-state index contributed by atoms with van der Waals surface area (Å²) in [4.78, 5) is 39.8. The lowest BCUT2D eigenvalue weighted by Gasteiger charge is -2.16. The highest BCUT2D eigenvalue weighted by Gasteiger charge is 2.32. The van der Waals surface area contributed by atoms with E-state index in [1.807, 2.05) is 12.1 Å². The van der Waals surface area contributed by atoms with E-state index in [1.54, 1.807) is 48.8 Å². The van der Waals surface area contributed by atoms with Crippen molar-refractivity contribution in [2.45, 2.75) is 18.7 Å². The van der Waals surface area contributed by atoms with Crippen LogP contribution in [0.25, 0.3) is 11.1 Å². The fourth-order valence-corrected chi connectivity index (χ4v) is 3.88. The van der Waals surface area contributed by atoms with E-state index >= 15 is 0 Å². The molecule has 4 N–H and O–H groups in total. The number of halogens is 1. The molecule has 4 rings (SSSR count). The number of hydrogen-bond acceptors (Lipinski definition) is 6. The molecule has 1 aliphatic rings. The summed E-state index contributed by atoms with van der Waals surface area (Å²) in [6, 6.07) is 14.6. The van der Waals surface area contributed by atoms with Crippen LogP contribution in [0.1, 0.15) is 17.2 Å². The first kappa shape index (κ1) is 23.8. The molecule has 1 saturated heterocycles. The third kappa shape index (κ3) is 5.61. The van der Waals surface area contributed by atoms with Crippen molar-refractivity contribution >= 4 is 24.1 Å². The van der Waals surface area contributed by atoms with Crippen molar-refractivity contribution in [3.8, 4) is 11.1 Å². The maximum absolute atomic E-state index is 14.9. The van der Waals surface area contributed by atoms with Crippen molar-refractivity contribution in [3.05, 3.63) is 83.9 Å². The Bertz CT molecular complexity index is 1210. The van der Waals surface area contributed by atoms with Crippen LogP contribution in [0.2, 0.25) is 0 Å². The quantitative estimate of drug-likeness (QED) is 0.385. The molecular formula is C25H24FN5O4. The molecule has 1 aliphatic heterocycles. The van der Waals surface area contributed by atoms with Gasteiger partial charge < -0.3 is 15.8 Å². The van der Waals surface area contributed by atoms with Gasteiger partial charge in [0, 0.05) is 24.5 Å². The van der Waals surface area contributed by atoms with Gasteiger partial charge in [0.1, 0.15) is 18.0 Å². The summed E-state index contributed by atoms with van der Waals surface area (Å²) in [6.07, 6.45) is 2.65. The largest absolute Gasteiger partial charge is 0.442 e. The summed E-state index contributed by atoms with van der Waals surface area (Å²) in [5.74, 6) is -0.994. The number of anilines is 1. The molecule has 0 radical (unpaired) electrons. The number of hydrogen-bond donors (Lipinski definition) is 3. The standard InChI is InChI=1S/C25H24FN5O4/c26-22-10-19(31-14-20(13-29-15-32)35-25(31)34)7-8-21(22)17-5-3-16(4-6-17)11-30-23(24(27)33)18-2-1-9-28-12-18/h1-10,12,15,20,23,30H,11,13-14H2,(H2,27,33)(H,29,32)/t20-,23?/m0/s1. The molecule has 0 spiro atoms. The molecule has 10 heteroatoms. The van der Waals surface area contributed by atoms with Gasteiger partial charge in [0.2, 0.25) is 12.3 Å². The molecule has 0 bridgehead atoms. The summed E-state index contributed by atoms with van der Waals surface area (Å²) in [5.41, 5.74) is 8.50. The fourth-order valence-electron chi connectivity index (χ4n) is 3.88. The number of pyridine rings is 1. The van der Waals surface area contributed by atoms with Crippen molar-refractivity contribution in [1.29, 1.82) is 0 Å². The second-order valence-electron chi connectivity index (χ2n) is 8.01. The average molecular weight is 477 g/mol. The van der Waals surface area contributed by atoms with Crippen molar-refractivity contribution in [1.82, 2.24) is 15.6 Å². The molecule has 2 heterocycles. The first-order valence-corrected chi connectivity index (χ1v) is 10.9. The third-order valence-electron chi connectivity index (χ3n) is 5.64. The minimum Gasteiger partial charge on any atom is -0.442 e. The van der Waals surface area contributed by atoms with Crippen LogP contribution in [0.15, 0.2) is 67.0 Å². The molecule has 0 aliphatic carbocycles. The minimum atomic E-state index is -0.681. The van der Waals surface area contributed by atoms with Gasteiger partial charge in [-0.2, -0.15) is 0 Å². The maximum atomic E-state index is 14.9. The number of primary amides is 1. The number of aromatic nitrogens is 1. The van der Waals surface area contributed by atoms with E-state index in [0.717, 1.165) is 5.56 Å². The van der Waals surface area contributed by atoms with Crippen LogP contribution in [0, 0.1) is 5.82 Å². The van der Waals surface area contributed by atoms with Gasteiger partial charge in [-0.25, -0.2) is 9.18 Å². The smallest absolute Gasteiger partial charge is 0.414 e. The molecule has 3 amide bonds. The van der Waals surface area contributed by atoms with Crippen LogP contribution >= 0.6 is 0 Å². The van der Waals surface area contributed by atoms with Gasteiger partial charge in [-0.15, -0.1) is 0 Å². The van der Waals surface area contributed by atoms with Gasteiger partial charge in [0.05, 0.1) is 18.8 Å². The number of nitrogens with zero attached hydrogens (tertiary/aromatic N) is 2. The zero-order valence-corrected chi connectivity index (χ0v) is 18.7. The molecule has 9 nitrogen and oxygen atoms in total. The lowest BCUT2D eigenvalue weighted by atomic mass is 10.0. The van der Waals surface area contributed by atoms with Crippen LogP contribution in [-0.4, -0.2) is 42.6 Å². The predicted molar refractivity (Wildman–Crippen MR) is 127 cm³/mol. The SMILES string of the molecule is NC(=O)C(NCc1ccc(-c2ccc(N3C[C@H](CNC=O)OC3=O)cc2F)cc1)c1cccnc1. The highest BCUT2D eigenvalue weighted by molar-refractivity contribution is 5.90. The summed E-state index contributed by atoms with van der Waals surface area (Å²) in [7, 11) is 0. The summed E-state index contributed by atoms with van der Waals surface area (Å²) < 4.78 is 20.1. The van der Waals surface area contributed by atoms with Crippen molar-refractivity contribution < 1.29 is 23.5 Å². The molecule has 35 heavy (non-hydrogen) atoms. The Morgan fingerprint density at radius 1 is 1.26 bits per heavy atom. The van der Waals surface area contributed by atoms with Crippen molar-refractivity contribution in [3.63, 3.8) is 0 Å². The molecule has 3 aromatic rings. The van der Waals surface area contributed by atoms with Crippen molar-refractivity contribution in [2.75, 3.05) is 18.0 Å². The van der Waals surface area contributed by atoms with Crippen LogP contribution in [0.4, 0.5) is 14.9 Å². The monoisotopic (exact) mass is 477 g/mol. The second-order valence-corrected chi connectivity index (χ2v) is 8.01. The van der Waals surface area contributed by atoms with E-state index in [4.69, 9.17) is 10.5 Å². The van der Waals surface area contributed by atoms with E-state index < -0.39 is 30.0 Å². The lowest BCUT2D eigenvalue weighted by molar-refractivity contribution is -0.120. The van der Waals surface area contributed by atoms with Crippen LogP contribution in [-0.2, 0) is 20.9 Å². The van der Waals surface area contributed by atoms with E-state index in [1.165, 1.54) is 11.0 Å². The number of amides is 3. The van der Waals surface area contributed by atoms with Gasteiger partial charge >= 0.3 is 6.09 Å². The Morgan fingerprint density at radius 2 is 2.06 bits per heavy atom. The predicted octanol–water partition coefficient (Wildman–Crippen LogP) is 2.28. The first-order valence-electron chi connectivity index (χ1n) is 10.9. The van der Waals surface area contributed by atoms with E-state index in [0.29, 0.717) is 35.3 Å². The van der Waals surface area contributed by atoms with E-state index in [2.05, 4.69) is 15.6 Å². The maximum Gasteiger partial charge on any atom is 0.414 e. The highest BCUT2D eigenvalue weighted by atomic mass is 19.1. The zero-order valence-electron chi connectivity index (χ0n) is 18.7. The number of rotatable bonds is 10. The van der Waals surface area contributed by atoms with E-state index in [-0.39, 0.29) is 13.1 Å². The van der Waals surface area contributed by atoms with Crippen molar-refractivity contribution in [2.24, 2.45) is 5.73 Å². The second kappa shape index (κ2) is 10.7. The number of benzene rings is 2. The molecule has 1 fully saturated rings.